The van der Waals surface area contributed by atoms with Crippen molar-refractivity contribution in [3.05, 3.63) is 71.3 Å². The number of amides is 1. The Morgan fingerprint density at radius 2 is 1.88 bits per heavy atom. The predicted octanol–water partition coefficient (Wildman–Crippen LogP) is 3.53. The molecule has 0 N–H and O–H groups in total. The van der Waals surface area contributed by atoms with Crippen LogP contribution in [-0.2, 0) is 20.7 Å². The van der Waals surface area contributed by atoms with E-state index in [1.165, 1.54) is 6.08 Å². The number of benzene rings is 2. The van der Waals surface area contributed by atoms with E-state index >= 15 is 0 Å². The van der Waals surface area contributed by atoms with E-state index in [1.807, 2.05) is 62.4 Å². The zero-order valence-corrected chi connectivity index (χ0v) is 14.4. The number of esters is 1. The van der Waals surface area contributed by atoms with Crippen molar-refractivity contribution in [3.63, 3.8) is 0 Å². The molecular formula is C21H21NO3. The molecule has 128 valence electrons. The Hall–Kier alpha value is -2.88. The van der Waals surface area contributed by atoms with Crippen molar-refractivity contribution in [2.24, 2.45) is 0 Å². The second-order valence-corrected chi connectivity index (χ2v) is 6.30. The monoisotopic (exact) mass is 335 g/mol. The lowest BCUT2D eigenvalue weighted by molar-refractivity contribution is -0.143. The van der Waals surface area contributed by atoms with E-state index in [0.717, 1.165) is 28.8 Å². The molecule has 0 fully saturated rings. The van der Waals surface area contributed by atoms with Crippen LogP contribution in [0.4, 0.5) is 5.69 Å². The zero-order chi connectivity index (χ0) is 17.8. The van der Waals surface area contributed by atoms with Crippen molar-refractivity contribution in [3.8, 4) is 0 Å². The summed E-state index contributed by atoms with van der Waals surface area (Å²) in [5.41, 5.74) is 4.13. The van der Waals surface area contributed by atoms with Crippen LogP contribution in [-0.4, -0.2) is 24.5 Å². The molecule has 1 aliphatic heterocycles. The van der Waals surface area contributed by atoms with Gasteiger partial charge in [0.1, 0.15) is 0 Å². The SMILES string of the molecule is Cc1ccc(/C=C/C(=O)OCC(=O)N2c3ccccc3C[C@@H]2C)cc1. The largest absolute Gasteiger partial charge is 0.452 e. The predicted molar refractivity (Wildman–Crippen MR) is 98.3 cm³/mol. The maximum atomic E-state index is 12.5. The fraction of sp³-hybridized carbons (Fsp3) is 0.238. The van der Waals surface area contributed by atoms with Gasteiger partial charge in [0.05, 0.1) is 0 Å². The Morgan fingerprint density at radius 1 is 1.16 bits per heavy atom. The molecule has 0 unspecified atom stereocenters. The molecule has 25 heavy (non-hydrogen) atoms. The Balaban J connectivity index is 1.57. The molecule has 2 aromatic rings. The van der Waals surface area contributed by atoms with E-state index in [2.05, 4.69) is 0 Å². The first-order valence-corrected chi connectivity index (χ1v) is 8.36. The van der Waals surface area contributed by atoms with Gasteiger partial charge in [0.25, 0.3) is 5.91 Å². The number of carbonyl (C=O) groups excluding carboxylic acids is 2. The number of nitrogens with zero attached hydrogens (tertiary/aromatic N) is 1. The van der Waals surface area contributed by atoms with Crippen LogP contribution in [0.3, 0.4) is 0 Å². The van der Waals surface area contributed by atoms with Gasteiger partial charge in [0.15, 0.2) is 6.61 Å². The number of ether oxygens (including phenoxy) is 1. The average Bonchev–Trinajstić information content (AvgIpc) is 2.95. The third-order valence-electron chi connectivity index (χ3n) is 4.30. The number of aryl methyl sites for hydroxylation is 1. The molecule has 1 aliphatic rings. The van der Waals surface area contributed by atoms with Gasteiger partial charge < -0.3 is 9.64 Å². The van der Waals surface area contributed by atoms with Gasteiger partial charge in [-0.2, -0.15) is 0 Å². The minimum atomic E-state index is -0.519. The lowest BCUT2D eigenvalue weighted by Crippen LogP contribution is -2.38. The molecule has 0 bridgehead atoms. The molecule has 0 saturated heterocycles. The van der Waals surface area contributed by atoms with Crippen molar-refractivity contribution in [1.82, 2.24) is 0 Å². The quantitative estimate of drug-likeness (QED) is 0.634. The van der Waals surface area contributed by atoms with Gasteiger partial charge in [-0.05, 0) is 43.5 Å². The lowest BCUT2D eigenvalue weighted by Gasteiger charge is -2.22. The third kappa shape index (κ3) is 3.97. The number of fused-ring (bicyclic) bond motifs is 1. The van der Waals surface area contributed by atoms with Crippen molar-refractivity contribution in [2.75, 3.05) is 11.5 Å². The van der Waals surface area contributed by atoms with E-state index < -0.39 is 5.97 Å². The maximum absolute atomic E-state index is 12.5. The topological polar surface area (TPSA) is 46.6 Å². The summed E-state index contributed by atoms with van der Waals surface area (Å²) in [4.78, 5) is 26.0. The smallest absolute Gasteiger partial charge is 0.331 e. The second kappa shape index (κ2) is 7.34. The highest BCUT2D eigenvalue weighted by Crippen LogP contribution is 2.31. The van der Waals surface area contributed by atoms with Crippen LogP contribution in [0.25, 0.3) is 6.08 Å². The summed E-state index contributed by atoms with van der Waals surface area (Å²) in [5.74, 6) is -0.719. The summed E-state index contributed by atoms with van der Waals surface area (Å²) in [6.45, 7) is 3.75. The van der Waals surface area contributed by atoms with Crippen LogP contribution < -0.4 is 4.90 Å². The highest BCUT2D eigenvalue weighted by atomic mass is 16.5. The number of carbonyl (C=O) groups is 2. The number of hydrogen-bond acceptors (Lipinski definition) is 3. The first-order valence-electron chi connectivity index (χ1n) is 8.36. The van der Waals surface area contributed by atoms with Gasteiger partial charge in [0.2, 0.25) is 0 Å². The van der Waals surface area contributed by atoms with Crippen LogP contribution in [0.15, 0.2) is 54.6 Å². The Labute approximate surface area is 147 Å². The van der Waals surface area contributed by atoms with Crippen molar-refractivity contribution in [2.45, 2.75) is 26.3 Å². The first kappa shape index (κ1) is 17.0. The number of hydrogen-bond donors (Lipinski definition) is 0. The van der Waals surface area contributed by atoms with Crippen LogP contribution in [0.2, 0.25) is 0 Å². The molecule has 0 spiro atoms. The second-order valence-electron chi connectivity index (χ2n) is 6.30. The molecular weight excluding hydrogens is 314 g/mol. The molecule has 0 aromatic heterocycles. The minimum Gasteiger partial charge on any atom is -0.452 e. The van der Waals surface area contributed by atoms with Gasteiger partial charge in [-0.15, -0.1) is 0 Å². The highest BCUT2D eigenvalue weighted by molar-refractivity contribution is 5.98. The molecule has 0 radical (unpaired) electrons. The number of rotatable bonds is 4. The lowest BCUT2D eigenvalue weighted by atomic mass is 10.1. The Bertz CT molecular complexity index is 808. The zero-order valence-electron chi connectivity index (χ0n) is 14.4. The summed E-state index contributed by atoms with van der Waals surface area (Å²) < 4.78 is 5.11. The van der Waals surface area contributed by atoms with Crippen molar-refractivity contribution >= 4 is 23.6 Å². The molecule has 1 amide bonds. The maximum Gasteiger partial charge on any atom is 0.331 e. The standard InChI is InChI=1S/C21H21NO3/c1-15-7-9-17(10-8-15)11-12-21(24)25-14-20(23)22-16(2)13-18-5-3-4-6-19(18)22/h3-12,16H,13-14H2,1-2H3/b12-11+/t16-/m0/s1. The summed E-state index contributed by atoms with van der Waals surface area (Å²) >= 11 is 0. The summed E-state index contributed by atoms with van der Waals surface area (Å²) in [5, 5.41) is 0. The molecule has 1 atom stereocenters. The van der Waals surface area contributed by atoms with Crippen molar-refractivity contribution in [1.29, 1.82) is 0 Å². The van der Waals surface area contributed by atoms with Gasteiger partial charge >= 0.3 is 5.97 Å². The van der Waals surface area contributed by atoms with E-state index in [0.29, 0.717) is 0 Å². The van der Waals surface area contributed by atoms with E-state index in [-0.39, 0.29) is 18.6 Å². The molecule has 3 rings (SSSR count). The third-order valence-corrected chi connectivity index (χ3v) is 4.30. The summed E-state index contributed by atoms with van der Waals surface area (Å²) in [7, 11) is 0. The van der Waals surface area contributed by atoms with Crippen molar-refractivity contribution < 1.29 is 14.3 Å². The van der Waals surface area contributed by atoms with E-state index in [1.54, 1.807) is 11.0 Å². The molecule has 4 heteroatoms. The first-order chi connectivity index (χ1) is 12.0. The van der Waals surface area contributed by atoms with Gasteiger partial charge in [-0.25, -0.2) is 4.79 Å². The van der Waals surface area contributed by atoms with Crippen LogP contribution in [0.5, 0.6) is 0 Å². The molecule has 0 aliphatic carbocycles. The fourth-order valence-corrected chi connectivity index (χ4v) is 3.04. The molecule has 1 heterocycles. The fourth-order valence-electron chi connectivity index (χ4n) is 3.04. The van der Waals surface area contributed by atoms with E-state index in [4.69, 9.17) is 4.74 Å². The Kier molecular flexibility index (Phi) is 4.98. The molecule has 4 nitrogen and oxygen atoms in total. The highest BCUT2D eigenvalue weighted by Gasteiger charge is 2.30. The molecule has 2 aromatic carbocycles. The van der Waals surface area contributed by atoms with Gasteiger partial charge in [0, 0.05) is 17.8 Å². The minimum absolute atomic E-state index is 0.0757. The van der Waals surface area contributed by atoms with Crippen LogP contribution in [0.1, 0.15) is 23.6 Å². The number of anilines is 1. The van der Waals surface area contributed by atoms with Gasteiger partial charge in [-0.1, -0.05) is 48.0 Å². The van der Waals surface area contributed by atoms with Gasteiger partial charge in [-0.3, -0.25) is 4.79 Å². The van der Waals surface area contributed by atoms with E-state index in [9.17, 15) is 9.59 Å². The number of para-hydroxylation sites is 1. The Morgan fingerprint density at radius 3 is 2.64 bits per heavy atom. The summed E-state index contributed by atoms with van der Waals surface area (Å²) in [6.07, 6.45) is 3.85. The van der Waals surface area contributed by atoms with Crippen LogP contribution in [0, 0.1) is 6.92 Å². The normalized spacial score (nSPS) is 16.1. The van der Waals surface area contributed by atoms with Crippen LogP contribution >= 0.6 is 0 Å². The summed E-state index contributed by atoms with van der Waals surface area (Å²) in [6, 6.07) is 15.7. The molecule has 0 saturated carbocycles. The average molecular weight is 335 g/mol.